The summed E-state index contributed by atoms with van der Waals surface area (Å²) >= 11 is 7.18. The number of hydrogen-bond donors (Lipinski definition) is 1. The molecule has 0 spiro atoms. The molecule has 0 radical (unpaired) electrons. The van der Waals surface area contributed by atoms with E-state index >= 15 is 0 Å². The average Bonchev–Trinajstić information content (AvgIpc) is 3.25. The Hall–Kier alpha value is -3.14. The number of carbonyl (C=O) groups excluding carboxylic acids is 1. The SMILES string of the molecule is CCC(Sc1nnc(CS(=O)(=O)c2ccc(C)cc2)n1-c1ccccc1)C(=O)Nc1ccc(Cl)cc1. The maximum Gasteiger partial charge on any atom is 0.237 e. The number of hydrogen-bond acceptors (Lipinski definition) is 6. The van der Waals surface area contributed by atoms with Crippen LogP contribution in [0.15, 0.2) is 88.9 Å². The molecule has 0 saturated heterocycles. The Morgan fingerprint density at radius 1 is 1.00 bits per heavy atom. The van der Waals surface area contributed by atoms with Gasteiger partial charge in [0, 0.05) is 16.4 Å². The molecule has 1 heterocycles. The fourth-order valence-electron chi connectivity index (χ4n) is 3.51. The van der Waals surface area contributed by atoms with Crippen molar-refractivity contribution in [1.29, 1.82) is 0 Å². The van der Waals surface area contributed by atoms with Gasteiger partial charge in [-0.1, -0.05) is 66.2 Å². The van der Waals surface area contributed by atoms with Crippen LogP contribution in [0.5, 0.6) is 0 Å². The van der Waals surface area contributed by atoms with E-state index in [1.165, 1.54) is 11.8 Å². The molecule has 0 aliphatic heterocycles. The van der Waals surface area contributed by atoms with Crippen LogP contribution in [-0.4, -0.2) is 34.3 Å². The van der Waals surface area contributed by atoms with Crippen LogP contribution in [0.4, 0.5) is 5.69 Å². The Morgan fingerprint density at radius 2 is 1.67 bits per heavy atom. The van der Waals surface area contributed by atoms with Crippen LogP contribution >= 0.6 is 23.4 Å². The van der Waals surface area contributed by atoms with E-state index in [2.05, 4.69) is 15.5 Å². The van der Waals surface area contributed by atoms with Gasteiger partial charge in [0.05, 0.1) is 10.1 Å². The molecule has 1 N–H and O–H groups in total. The lowest BCUT2D eigenvalue weighted by Gasteiger charge is -2.16. The van der Waals surface area contributed by atoms with Crippen LogP contribution in [0.2, 0.25) is 5.02 Å². The summed E-state index contributed by atoms with van der Waals surface area (Å²) in [4.78, 5) is 13.2. The average molecular weight is 541 g/mol. The Kier molecular flexibility index (Phi) is 8.13. The molecule has 1 atom stereocenters. The van der Waals surface area contributed by atoms with Crippen molar-refractivity contribution in [3.63, 3.8) is 0 Å². The van der Waals surface area contributed by atoms with Gasteiger partial charge in [0.25, 0.3) is 0 Å². The van der Waals surface area contributed by atoms with Crippen molar-refractivity contribution >= 4 is 44.8 Å². The smallest absolute Gasteiger partial charge is 0.237 e. The van der Waals surface area contributed by atoms with Gasteiger partial charge < -0.3 is 5.32 Å². The van der Waals surface area contributed by atoms with Crippen molar-refractivity contribution in [2.24, 2.45) is 0 Å². The van der Waals surface area contributed by atoms with Crippen molar-refractivity contribution in [2.75, 3.05) is 5.32 Å². The van der Waals surface area contributed by atoms with E-state index in [0.717, 1.165) is 5.56 Å². The highest BCUT2D eigenvalue weighted by Gasteiger charge is 2.26. The number of aryl methyl sites for hydroxylation is 1. The first kappa shape index (κ1) is 25.9. The Balaban J connectivity index is 1.63. The van der Waals surface area contributed by atoms with Gasteiger partial charge in [0.15, 0.2) is 20.8 Å². The van der Waals surface area contributed by atoms with E-state index in [1.54, 1.807) is 53.1 Å². The lowest BCUT2D eigenvalue weighted by Crippen LogP contribution is -2.25. The molecule has 1 amide bonds. The number of para-hydroxylation sites is 1. The zero-order chi connectivity index (χ0) is 25.7. The predicted molar refractivity (Wildman–Crippen MR) is 143 cm³/mol. The molecule has 10 heteroatoms. The van der Waals surface area contributed by atoms with Crippen molar-refractivity contribution in [3.05, 3.63) is 95.3 Å². The molecule has 0 saturated carbocycles. The van der Waals surface area contributed by atoms with E-state index in [9.17, 15) is 13.2 Å². The van der Waals surface area contributed by atoms with Gasteiger partial charge in [-0.25, -0.2) is 8.42 Å². The van der Waals surface area contributed by atoms with Crippen LogP contribution < -0.4 is 5.32 Å². The molecule has 1 aromatic heterocycles. The third kappa shape index (κ3) is 6.16. The second-order valence-electron chi connectivity index (χ2n) is 8.15. The van der Waals surface area contributed by atoms with Crippen LogP contribution in [0.25, 0.3) is 5.69 Å². The maximum absolute atomic E-state index is 13.2. The normalized spacial score (nSPS) is 12.3. The number of benzene rings is 3. The predicted octanol–water partition coefficient (Wildman–Crippen LogP) is 5.71. The quantitative estimate of drug-likeness (QED) is 0.273. The number of sulfone groups is 1. The molecule has 3 aromatic carbocycles. The third-order valence-electron chi connectivity index (χ3n) is 5.44. The third-order valence-corrected chi connectivity index (χ3v) is 8.62. The lowest BCUT2D eigenvalue weighted by molar-refractivity contribution is -0.115. The first-order valence-corrected chi connectivity index (χ1v) is 14.2. The Bertz CT molecular complexity index is 1440. The molecule has 4 rings (SSSR count). The number of anilines is 1. The number of thioether (sulfide) groups is 1. The molecule has 1 unspecified atom stereocenters. The zero-order valence-electron chi connectivity index (χ0n) is 19.8. The number of nitrogens with one attached hydrogen (secondary N) is 1. The van der Waals surface area contributed by atoms with Crippen LogP contribution in [0.3, 0.4) is 0 Å². The molecule has 0 aliphatic carbocycles. The number of rotatable bonds is 9. The second kappa shape index (κ2) is 11.3. The summed E-state index contributed by atoms with van der Waals surface area (Å²) < 4.78 is 28.0. The van der Waals surface area contributed by atoms with E-state index in [4.69, 9.17) is 11.6 Å². The summed E-state index contributed by atoms with van der Waals surface area (Å²) in [7, 11) is -3.66. The number of aromatic nitrogens is 3. The molecule has 0 bridgehead atoms. The molecule has 7 nitrogen and oxygen atoms in total. The van der Waals surface area contributed by atoms with Gasteiger partial charge in [-0.3, -0.25) is 9.36 Å². The highest BCUT2D eigenvalue weighted by atomic mass is 35.5. The summed E-state index contributed by atoms with van der Waals surface area (Å²) in [6, 6.07) is 22.9. The van der Waals surface area contributed by atoms with E-state index in [-0.39, 0.29) is 22.4 Å². The van der Waals surface area contributed by atoms with Gasteiger partial charge in [-0.2, -0.15) is 0 Å². The molecule has 36 heavy (non-hydrogen) atoms. The van der Waals surface area contributed by atoms with Crippen molar-refractivity contribution < 1.29 is 13.2 Å². The largest absolute Gasteiger partial charge is 0.325 e. The van der Waals surface area contributed by atoms with E-state index in [1.807, 2.05) is 44.2 Å². The molecule has 0 fully saturated rings. The van der Waals surface area contributed by atoms with Gasteiger partial charge >= 0.3 is 0 Å². The Morgan fingerprint density at radius 3 is 2.31 bits per heavy atom. The van der Waals surface area contributed by atoms with Crippen LogP contribution in [0.1, 0.15) is 24.7 Å². The first-order valence-electron chi connectivity index (χ1n) is 11.3. The van der Waals surface area contributed by atoms with E-state index in [0.29, 0.717) is 28.0 Å². The summed E-state index contributed by atoms with van der Waals surface area (Å²) in [6.07, 6.45) is 0.530. The Labute approximate surface area is 219 Å². The minimum absolute atomic E-state index is 0.193. The topological polar surface area (TPSA) is 93.9 Å². The lowest BCUT2D eigenvalue weighted by atomic mass is 10.2. The second-order valence-corrected chi connectivity index (χ2v) is 11.7. The van der Waals surface area contributed by atoms with Crippen molar-refractivity contribution in [3.8, 4) is 5.69 Å². The van der Waals surface area contributed by atoms with Gasteiger partial charge in [0.2, 0.25) is 5.91 Å². The highest BCUT2D eigenvalue weighted by Crippen LogP contribution is 2.30. The number of nitrogens with zero attached hydrogens (tertiary/aromatic N) is 3. The molecule has 4 aromatic rings. The minimum Gasteiger partial charge on any atom is -0.325 e. The van der Waals surface area contributed by atoms with Crippen LogP contribution in [-0.2, 0) is 20.4 Å². The minimum atomic E-state index is -3.66. The van der Waals surface area contributed by atoms with Crippen molar-refractivity contribution in [1.82, 2.24) is 14.8 Å². The van der Waals surface area contributed by atoms with Gasteiger partial charge in [0.1, 0.15) is 5.75 Å². The fraction of sp³-hybridized carbons (Fsp3) is 0.192. The summed E-state index contributed by atoms with van der Waals surface area (Å²) in [6.45, 7) is 3.81. The standard InChI is InChI=1S/C26H25ClN4O3S2/c1-3-23(25(32)28-20-13-11-19(27)12-14-20)35-26-30-29-24(31(26)21-7-5-4-6-8-21)17-36(33,34)22-15-9-18(2)10-16-22/h4-16,23H,3,17H2,1-2H3,(H,28,32). The first-order chi connectivity index (χ1) is 17.3. The molecular weight excluding hydrogens is 516 g/mol. The fourth-order valence-corrected chi connectivity index (χ4v) is 5.87. The summed E-state index contributed by atoms with van der Waals surface area (Å²) in [5, 5.41) is 12.0. The number of amides is 1. The van der Waals surface area contributed by atoms with Gasteiger partial charge in [-0.15, -0.1) is 10.2 Å². The monoisotopic (exact) mass is 540 g/mol. The number of carbonyl (C=O) groups is 1. The van der Waals surface area contributed by atoms with Crippen molar-refractivity contribution in [2.45, 2.75) is 41.3 Å². The summed E-state index contributed by atoms with van der Waals surface area (Å²) in [5.41, 5.74) is 2.33. The molecular formula is C26H25ClN4O3S2. The van der Waals surface area contributed by atoms with Gasteiger partial charge in [-0.05, 0) is 61.9 Å². The molecule has 186 valence electrons. The molecule has 0 aliphatic rings. The maximum atomic E-state index is 13.2. The number of halogens is 1. The van der Waals surface area contributed by atoms with Crippen LogP contribution in [0, 0.1) is 6.92 Å². The zero-order valence-corrected chi connectivity index (χ0v) is 22.1. The highest BCUT2D eigenvalue weighted by molar-refractivity contribution is 8.00. The van der Waals surface area contributed by atoms with E-state index < -0.39 is 15.1 Å². The summed E-state index contributed by atoms with van der Waals surface area (Å²) in [5.74, 6) is -0.245.